The summed E-state index contributed by atoms with van der Waals surface area (Å²) in [5.74, 6) is 2.30. The molecule has 6 nitrogen and oxygen atoms in total. The molecule has 26 heavy (non-hydrogen) atoms. The first-order chi connectivity index (χ1) is 12.7. The third-order valence-corrected chi connectivity index (χ3v) is 5.57. The van der Waals surface area contributed by atoms with Crippen molar-refractivity contribution in [3.05, 3.63) is 41.7 Å². The van der Waals surface area contributed by atoms with E-state index in [2.05, 4.69) is 59.7 Å². The molecule has 1 fully saturated rings. The highest BCUT2D eigenvalue weighted by molar-refractivity contribution is 5.15. The van der Waals surface area contributed by atoms with Gasteiger partial charge in [-0.25, -0.2) is 4.68 Å². The van der Waals surface area contributed by atoms with Gasteiger partial charge < -0.3 is 9.64 Å². The summed E-state index contributed by atoms with van der Waals surface area (Å²) in [7, 11) is 1.72. The van der Waals surface area contributed by atoms with Gasteiger partial charge in [-0.05, 0) is 41.2 Å². The molecule has 0 unspecified atom stereocenters. The Labute approximate surface area is 156 Å². The standard InChI is InChI=1S/C20H31N5O/c1-16(2)19(20-21-22-23-25(20)13-14-26-3)24-11-9-18(10-12-24)15-17-7-5-4-6-8-17/h4-8,16,18-19H,9-15H2,1-3H3/p+1/t19-/m1/s1. The molecule has 0 spiro atoms. The second-order valence-electron chi connectivity index (χ2n) is 7.77. The van der Waals surface area contributed by atoms with Gasteiger partial charge in [-0.2, -0.15) is 0 Å². The Kier molecular flexibility index (Phi) is 6.74. The van der Waals surface area contributed by atoms with E-state index in [-0.39, 0.29) is 0 Å². The van der Waals surface area contributed by atoms with Crippen molar-refractivity contribution < 1.29 is 9.64 Å². The maximum atomic E-state index is 5.20. The van der Waals surface area contributed by atoms with E-state index >= 15 is 0 Å². The summed E-state index contributed by atoms with van der Waals surface area (Å²) in [5.41, 5.74) is 1.46. The van der Waals surface area contributed by atoms with Crippen molar-refractivity contribution in [2.24, 2.45) is 11.8 Å². The van der Waals surface area contributed by atoms with Crippen LogP contribution in [0.15, 0.2) is 30.3 Å². The van der Waals surface area contributed by atoms with Crippen molar-refractivity contribution in [2.75, 3.05) is 26.8 Å². The molecule has 0 bridgehead atoms. The van der Waals surface area contributed by atoms with Crippen LogP contribution in [0.3, 0.4) is 0 Å². The Morgan fingerprint density at radius 3 is 2.58 bits per heavy atom. The van der Waals surface area contributed by atoms with Crippen LogP contribution in [0.25, 0.3) is 0 Å². The van der Waals surface area contributed by atoms with E-state index in [9.17, 15) is 0 Å². The Hall–Kier alpha value is -1.79. The number of aromatic nitrogens is 4. The van der Waals surface area contributed by atoms with Gasteiger partial charge >= 0.3 is 0 Å². The predicted molar refractivity (Wildman–Crippen MR) is 101 cm³/mol. The van der Waals surface area contributed by atoms with E-state index in [1.54, 1.807) is 12.0 Å². The van der Waals surface area contributed by atoms with Gasteiger partial charge in [0.05, 0.1) is 26.2 Å². The molecule has 0 saturated carbocycles. The Bertz CT molecular complexity index is 649. The number of hydrogen-bond acceptors (Lipinski definition) is 4. The molecule has 1 N–H and O–H groups in total. The van der Waals surface area contributed by atoms with E-state index in [0.717, 1.165) is 11.7 Å². The third-order valence-electron chi connectivity index (χ3n) is 5.57. The van der Waals surface area contributed by atoms with E-state index in [4.69, 9.17) is 4.74 Å². The summed E-state index contributed by atoms with van der Waals surface area (Å²) in [5, 5.41) is 12.5. The summed E-state index contributed by atoms with van der Waals surface area (Å²) in [6.07, 6.45) is 3.74. The number of nitrogens with one attached hydrogen (secondary N) is 1. The van der Waals surface area contributed by atoms with Gasteiger partial charge in [0.2, 0.25) is 5.82 Å². The van der Waals surface area contributed by atoms with Crippen molar-refractivity contribution in [1.29, 1.82) is 0 Å². The topological polar surface area (TPSA) is 57.3 Å². The number of methoxy groups -OCH3 is 1. The second kappa shape index (κ2) is 9.24. The minimum Gasteiger partial charge on any atom is -0.383 e. The fourth-order valence-corrected chi connectivity index (χ4v) is 4.23. The zero-order valence-electron chi connectivity index (χ0n) is 16.3. The number of nitrogens with zero attached hydrogens (tertiary/aromatic N) is 4. The number of ether oxygens (including phenoxy) is 1. The minimum atomic E-state index is 0.347. The zero-order valence-corrected chi connectivity index (χ0v) is 16.3. The molecule has 0 amide bonds. The number of rotatable bonds is 8. The van der Waals surface area contributed by atoms with Gasteiger partial charge in [0.25, 0.3) is 0 Å². The lowest BCUT2D eigenvalue weighted by Gasteiger charge is -2.36. The average molecular weight is 359 g/mol. The number of likely N-dealkylation sites (tertiary alicyclic amines) is 1. The molecule has 142 valence electrons. The maximum absolute atomic E-state index is 5.20. The zero-order chi connectivity index (χ0) is 18.4. The van der Waals surface area contributed by atoms with Crippen LogP contribution in [0, 0.1) is 11.8 Å². The summed E-state index contributed by atoms with van der Waals surface area (Å²) < 4.78 is 7.13. The van der Waals surface area contributed by atoms with Crippen molar-refractivity contribution in [3.8, 4) is 0 Å². The maximum Gasteiger partial charge on any atom is 0.209 e. The van der Waals surface area contributed by atoms with Crippen LogP contribution >= 0.6 is 0 Å². The fraction of sp³-hybridized carbons (Fsp3) is 0.650. The minimum absolute atomic E-state index is 0.347. The van der Waals surface area contributed by atoms with Crippen molar-refractivity contribution >= 4 is 0 Å². The summed E-state index contributed by atoms with van der Waals surface area (Å²) >= 11 is 0. The highest BCUT2D eigenvalue weighted by Gasteiger charge is 2.35. The molecular formula is C20H32N5O+. The molecule has 0 radical (unpaired) electrons. The molecule has 6 heteroatoms. The predicted octanol–water partition coefficient (Wildman–Crippen LogP) is 1.55. The van der Waals surface area contributed by atoms with Crippen LogP contribution in [-0.2, 0) is 17.7 Å². The molecule has 1 aliphatic rings. The lowest BCUT2D eigenvalue weighted by Crippen LogP contribution is -3.14. The first-order valence-corrected chi connectivity index (χ1v) is 9.82. The van der Waals surface area contributed by atoms with Crippen LogP contribution in [0.2, 0.25) is 0 Å². The monoisotopic (exact) mass is 358 g/mol. The molecule has 1 atom stereocenters. The van der Waals surface area contributed by atoms with Gasteiger partial charge in [-0.15, -0.1) is 5.10 Å². The van der Waals surface area contributed by atoms with E-state index in [1.165, 1.54) is 37.9 Å². The molecule has 1 aromatic carbocycles. The Morgan fingerprint density at radius 1 is 1.19 bits per heavy atom. The number of tetrazole rings is 1. The average Bonchev–Trinajstić information content (AvgIpc) is 3.10. The van der Waals surface area contributed by atoms with Gasteiger partial charge in [0, 0.05) is 13.0 Å². The normalized spacial score (nSPS) is 21.8. The first kappa shape index (κ1) is 19.0. The van der Waals surface area contributed by atoms with Crippen molar-refractivity contribution in [3.63, 3.8) is 0 Å². The quantitative estimate of drug-likeness (QED) is 0.778. The lowest BCUT2D eigenvalue weighted by molar-refractivity contribution is -0.942. The van der Waals surface area contributed by atoms with Gasteiger partial charge in [-0.1, -0.05) is 44.2 Å². The molecular weight excluding hydrogens is 326 g/mol. The smallest absolute Gasteiger partial charge is 0.209 e. The highest BCUT2D eigenvalue weighted by Crippen LogP contribution is 2.21. The van der Waals surface area contributed by atoms with Gasteiger partial charge in [-0.3, -0.25) is 0 Å². The number of quaternary nitrogens is 1. The lowest BCUT2D eigenvalue weighted by atomic mass is 9.88. The largest absolute Gasteiger partial charge is 0.383 e. The van der Waals surface area contributed by atoms with Crippen LogP contribution < -0.4 is 4.90 Å². The molecule has 0 aliphatic carbocycles. The Balaban J connectivity index is 1.63. The highest BCUT2D eigenvalue weighted by atomic mass is 16.5. The molecule has 1 aromatic heterocycles. The van der Waals surface area contributed by atoms with Crippen LogP contribution in [-0.4, -0.2) is 47.0 Å². The van der Waals surface area contributed by atoms with Crippen LogP contribution in [0.1, 0.15) is 44.1 Å². The third kappa shape index (κ3) is 4.68. The van der Waals surface area contributed by atoms with Crippen molar-refractivity contribution in [2.45, 2.75) is 45.7 Å². The Morgan fingerprint density at radius 2 is 1.92 bits per heavy atom. The molecule has 1 saturated heterocycles. The number of piperidine rings is 1. The van der Waals surface area contributed by atoms with E-state index in [0.29, 0.717) is 25.1 Å². The van der Waals surface area contributed by atoms with E-state index in [1.807, 2.05) is 4.68 Å². The molecule has 1 aliphatic heterocycles. The van der Waals surface area contributed by atoms with Crippen LogP contribution in [0.5, 0.6) is 0 Å². The van der Waals surface area contributed by atoms with Crippen molar-refractivity contribution in [1.82, 2.24) is 20.2 Å². The number of benzene rings is 1. The summed E-state index contributed by atoms with van der Waals surface area (Å²) in [6, 6.07) is 11.2. The van der Waals surface area contributed by atoms with Gasteiger partial charge in [0.15, 0.2) is 6.04 Å². The van der Waals surface area contributed by atoms with Gasteiger partial charge in [0.1, 0.15) is 0 Å². The summed E-state index contributed by atoms with van der Waals surface area (Å²) in [6.45, 7) is 8.30. The number of hydrogen-bond donors (Lipinski definition) is 1. The fourth-order valence-electron chi connectivity index (χ4n) is 4.23. The van der Waals surface area contributed by atoms with Crippen LogP contribution in [0.4, 0.5) is 0 Å². The summed E-state index contributed by atoms with van der Waals surface area (Å²) in [4.78, 5) is 1.62. The second-order valence-corrected chi connectivity index (χ2v) is 7.77. The first-order valence-electron chi connectivity index (χ1n) is 9.82. The molecule has 3 rings (SSSR count). The van der Waals surface area contributed by atoms with E-state index < -0.39 is 0 Å². The molecule has 2 heterocycles. The molecule has 2 aromatic rings. The SMILES string of the molecule is COCCn1nnnc1[C@@H](C(C)C)[NH+]1CCC(Cc2ccccc2)CC1.